The average Bonchev–Trinajstić information content (AvgIpc) is 2.39. The molecule has 3 heteroatoms. The lowest BCUT2D eigenvalue weighted by Crippen LogP contribution is -2.40. The highest BCUT2D eigenvalue weighted by atomic mass is 16.1. The number of rotatable bonds is 8. The molecular weight excluding hydrogens is 236 g/mol. The Morgan fingerprint density at radius 3 is 2.58 bits per heavy atom. The normalized spacial score (nSPS) is 25.0. The first-order valence-corrected chi connectivity index (χ1v) is 8.22. The van der Waals surface area contributed by atoms with Gasteiger partial charge in [-0.15, -0.1) is 0 Å². The predicted molar refractivity (Wildman–Crippen MR) is 80.9 cm³/mol. The minimum atomic E-state index is 0.219. The number of nitrogens with one attached hydrogen (secondary N) is 1. The van der Waals surface area contributed by atoms with E-state index in [0.29, 0.717) is 18.4 Å². The summed E-state index contributed by atoms with van der Waals surface area (Å²) in [4.78, 5) is 12.1. The monoisotopic (exact) mass is 268 g/mol. The Balaban J connectivity index is 2.33. The molecule has 0 spiro atoms. The molecule has 0 aliphatic heterocycles. The molecule has 3 unspecified atom stereocenters. The summed E-state index contributed by atoms with van der Waals surface area (Å²) in [5, 5.41) is 3.23. The molecule has 0 saturated heterocycles. The van der Waals surface area contributed by atoms with Crippen LogP contribution in [0.3, 0.4) is 0 Å². The van der Waals surface area contributed by atoms with Gasteiger partial charge in [0.05, 0.1) is 0 Å². The van der Waals surface area contributed by atoms with E-state index in [2.05, 4.69) is 19.2 Å². The van der Waals surface area contributed by atoms with E-state index in [-0.39, 0.29) is 11.9 Å². The van der Waals surface area contributed by atoms with Gasteiger partial charge in [0.2, 0.25) is 5.91 Å². The summed E-state index contributed by atoms with van der Waals surface area (Å²) < 4.78 is 0. The fourth-order valence-electron chi connectivity index (χ4n) is 3.10. The maximum atomic E-state index is 12.1. The number of carbonyl (C=O) groups is 1. The van der Waals surface area contributed by atoms with Gasteiger partial charge < -0.3 is 11.1 Å². The molecule has 1 aliphatic carbocycles. The highest BCUT2D eigenvalue weighted by Crippen LogP contribution is 2.25. The fourth-order valence-corrected chi connectivity index (χ4v) is 3.10. The van der Waals surface area contributed by atoms with Crippen LogP contribution in [0.15, 0.2) is 0 Å². The molecule has 112 valence electrons. The maximum absolute atomic E-state index is 12.1. The quantitative estimate of drug-likeness (QED) is 0.709. The Kier molecular flexibility index (Phi) is 8.11. The van der Waals surface area contributed by atoms with Crippen molar-refractivity contribution in [3.63, 3.8) is 0 Å². The van der Waals surface area contributed by atoms with Crippen molar-refractivity contribution in [2.45, 2.75) is 90.1 Å². The van der Waals surface area contributed by atoms with Crippen molar-refractivity contribution >= 4 is 5.91 Å². The smallest absolute Gasteiger partial charge is 0.220 e. The van der Waals surface area contributed by atoms with Crippen molar-refractivity contribution in [3.8, 4) is 0 Å². The van der Waals surface area contributed by atoms with E-state index in [9.17, 15) is 4.79 Å². The van der Waals surface area contributed by atoms with Crippen LogP contribution < -0.4 is 11.1 Å². The zero-order valence-corrected chi connectivity index (χ0v) is 12.8. The average molecular weight is 268 g/mol. The van der Waals surface area contributed by atoms with Crippen molar-refractivity contribution in [1.82, 2.24) is 5.32 Å². The second-order valence-electron chi connectivity index (χ2n) is 6.11. The van der Waals surface area contributed by atoms with Crippen molar-refractivity contribution in [2.75, 3.05) is 0 Å². The van der Waals surface area contributed by atoms with Crippen LogP contribution in [0, 0.1) is 5.92 Å². The Labute approximate surface area is 118 Å². The van der Waals surface area contributed by atoms with Gasteiger partial charge in [-0.1, -0.05) is 46.0 Å². The Morgan fingerprint density at radius 2 is 1.95 bits per heavy atom. The molecule has 0 aromatic carbocycles. The van der Waals surface area contributed by atoms with Gasteiger partial charge in [-0.05, 0) is 31.6 Å². The Hall–Kier alpha value is -0.570. The number of hydrogen-bond acceptors (Lipinski definition) is 2. The van der Waals surface area contributed by atoms with Crippen molar-refractivity contribution < 1.29 is 4.79 Å². The van der Waals surface area contributed by atoms with Crippen LogP contribution in [0.1, 0.15) is 78.1 Å². The van der Waals surface area contributed by atoms with Crippen LogP contribution in [-0.4, -0.2) is 18.0 Å². The largest absolute Gasteiger partial charge is 0.353 e. The van der Waals surface area contributed by atoms with Crippen molar-refractivity contribution in [2.24, 2.45) is 11.7 Å². The second kappa shape index (κ2) is 9.35. The Morgan fingerprint density at radius 1 is 1.21 bits per heavy atom. The lowest BCUT2D eigenvalue weighted by atomic mass is 9.83. The summed E-state index contributed by atoms with van der Waals surface area (Å²) in [7, 11) is 0. The van der Waals surface area contributed by atoms with Gasteiger partial charge in [-0.25, -0.2) is 0 Å². The van der Waals surface area contributed by atoms with Crippen LogP contribution in [0.2, 0.25) is 0 Å². The maximum Gasteiger partial charge on any atom is 0.220 e. The van der Waals surface area contributed by atoms with Crippen molar-refractivity contribution in [3.05, 3.63) is 0 Å². The highest BCUT2D eigenvalue weighted by molar-refractivity contribution is 5.76. The molecule has 0 aromatic rings. The fraction of sp³-hybridized carbons (Fsp3) is 0.938. The molecule has 3 N–H and O–H groups in total. The minimum absolute atomic E-state index is 0.219. The van der Waals surface area contributed by atoms with E-state index in [4.69, 9.17) is 5.73 Å². The molecule has 3 atom stereocenters. The molecular formula is C16H32N2O. The third-order valence-electron chi connectivity index (χ3n) is 4.32. The SMILES string of the molecule is CCCCC(CCC)NC(=O)CC1CCCCC1N. The predicted octanol–water partition coefficient (Wildman–Crippen LogP) is 3.37. The summed E-state index contributed by atoms with van der Waals surface area (Å²) in [6.07, 6.45) is 11.1. The minimum Gasteiger partial charge on any atom is -0.353 e. The molecule has 19 heavy (non-hydrogen) atoms. The molecule has 0 heterocycles. The highest BCUT2D eigenvalue weighted by Gasteiger charge is 2.24. The van der Waals surface area contributed by atoms with Crippen LogP contribution in [0.25, 0.3) is 0 Å². The van der Waals surface area contributed by atoms with Crippen LogP contribution in [-0.2, 0) is 4.79 Å². The first-order valence-electron chi connectivity index (χ1n) is 8.22. The first-order chi connectivity index (χ1) is 9.17. The Bertz CT molecular complexity index is 255. The van der Waals surface area contributed by atoms with Crippen LogP contribution >= 0.6 is 0 Å². The number of unbranched alkanes of at least 4 members (excludes halogenated alkanes) is 1. The lowest BCUT2D eigenvalue weighted by molar-refractivity contribution is -0.123. The van der Waals surface area contributed by atoms with Crippen molar-refractivity contribution in [1.29, 1.82) is 0 Å². The number of carbonyl (C=O) groups excluding carboxylic acids is 1. The van der Waals surface area contributed by atoms with Gasteiger partial charge in [-0.2, -0.15) is 0 Å². The number of nitrogens with two attached hydrogens (primary N) is 1. The van der Waals surface area contributed by atoms with E-state index in [1.807, 2.05) is 0 Å². The third-order valence-corrected chi connectivity index (χ3v) is 4.32. The molecule has 0 bridgehead atoms. The van der Waals surface area contributed by atoms with Gasteiger partial charge >= 0.3 is 0 Å². The number of amides is 1. The standard InChI is InChI=1S/C16H32N2O/c1-3-5-10-14(8-4-2)18-16(19)12-13-9-6-7-11-15(13)17/h13-15H,3-12,17H2,1-2H3,(H,18,19). The van der Waals surface area contributed by atoms with Gasteiger partial charge in [0.15, 0.2) is 0 Å². The van der Waals surface area contributed by atoms with Crippen LogP contribution in [0.4, 0.5) is 0 Å². The second-order valence-corrected chi connectivity index (χ2v) is 6.11. The van der Waals surface area contributed by atoms with Gasteiger partial charge in [0.1, 0.15) is 0 Å². The van der Waals surface area contributed by atoms with E-state index >= 15 is 0 Å². The summed E-state index contributed by atoms with van der Waals surface area (Å²) in [6, 6.07) is 0.608. The van der Waals surface area contributed by atoms with Gasteiger partial charge in [-0.3, -0.25) is 4.79 Å². The third kappa shape index (κ3) is 6.42. The van der Waals surface area contributed by atoms with Gasteiger partial charge in [0, 0.05) is 18.5 Å². The molecule has 1 aliphatic rings. The first kappa shape index (κ1) is 16.5. The van der Waals surface area contributed by atoms with E-state index in [1.54, 1.807) is 0 Å². The number of hydrogen-bond donors (Lipinski definition) is 2. The van der Waals surface area contributed by atoms with Gasteiger partial charge in [0.25, 0.3) is 0 Å². The molecule has 3 nitrogen and oxygen atoms in total. The zero-order chi connectivity index (χ0) is 14.1. The van der Waals surface area contributed by atoms with E-state index in [1.165, 1.54) is 25.7 Å². The molecule has 1 amide bonds. The summed E-state index contributed by atoms with van der Waals surface area (Å²) in [5.74, 6) is 0.624. The lowest BCUT2D eigenvalue weighted by Gasteiger charge is -2.28. The van der Waals surface area contributed by atoms with E-state index < -0.39 is 0 Å². The molecule has 1 saturated carbocycles. The molecule has 0 radical (unpaired) electrons. The topological polar surface area (TPSA) is 55.1 Å². The molecule has 1 fully saturated rings. The molecule has 0 aromatic heterocycles. The zero-order valence-electron chi connectivity index (χ0n) is 12.8. The van der Waals surface area contributed by atoms with Crippen LogP contribution in [0.5, 0.6) is 0 Å². The summed E-state index contributed by atoms with van der Waals surface area (Å²) >= 11 is 0. The molecule has 1 rings (SSSR count). The summed E-state index contributed by atoms with van der Waals surface area (Å²) in [5.41, 5.74) is 6.12. The summed E-state index contributed by atoms with van der Waals surface area (Å²) in [6.45, 7) is 4.38. The van der Waals surface area contributed by atoms with E-state index in [0.717, 1.165) is 32.1 Å².